The Morgan fingerprint density at radius 2 is 2.83 bits per heavy atom. The molecule has 0 saturated carbocycles. The van der Waals surface area contributed by atoms with Crippen LogP contribution < -0.4 is 0 Å². The molecule has 1 radical (unpaired) electrons. The normalized spacial score (nSPS) is 8.67. The number of nitrogens with one attached hydrogen (secondary N) is 1. The number of hydrogen-bond acceptors (Lipinski definition) is 2. The second-order valence-corrected chi connectivity index (χ2v) is 0.880. The van der Waals surface area contributed by atoms with Gasteiger partial charge in [0.25, 0.3) is 0 Å². The highest BCUT2D eigenvalue weighted by molar-refractivity contribution is 4.96. The second-order valence-electron chi connectivity index (χ2n) is 0.880. The van der Waals surface area contributed by atoms with Gasteiger partial charge in [-0.1, -0.05) is 0 Å². The molecule has 0 saturated heterocycles. The summed E-state index contributed by atoms with van der Waals surface area (Å²) in [7, 11) is 0. The molecule has 0 aliphatic heterocycles. The van der Waals surface area contributed by atoms with Gasteiger partial charge in [0.05, 0.1) is 6.20 Å². The molecule has 0 bridgehead atoms. The number of aromatic nitrogens is 2. The summed E-state index contributed by atoms with van der Waals surface area (Å²) in [6.45, 7) is 0. The van der Waals surface area contributed by atoms with Crippen molar-refractivity contribution < 1.29 is 5.11 Å². The van der Waals surface area contributed by atoms with Gasteiger partial charge in [-0.2, -0.15) is 0 Å². The lowest BCUT2D eigenvalue weighted by Crippen LogP contribution is -1.52. The summed E-state index contributed by atoms with van der Waals surface area (Å²) in [5, 5.41) is 8.32. The van der Waals surface area contributed by atoms with Crippen molar-refractivity contribution >= 4 is 0 Å². The second kappa shape index (κ2) is 1.01. The van der Waals surface area contributed by atoms with E-state index in [4.69, 9.17) is 5.11 Å². The maximum atomic E-state index is 8.32. The smallest absolute Gasteiger partial charge is 0.209 e. The highest BCUT2D eigenvalue weighted by Gasteiger charge is 1.78. The van der Waals surface area contributed by atoms with Crippen LogP contribution in [-0.4, -0.2) is 15.1 Å². The van der Waals surface area contributed by atoms with Crippen LogP contribution in [0.1, 0.15) is 0 Å². The van der Waals surface area contributed by atoms with Crippen molar-refractivity contribution in [2.24, 2.45) is 0 Å². The molecule has 0 aliphatic carbocycles. The quantitative estimate of drug-likeness (QED) is 0.460. The Bertz CT molecular complexity index is 112. The predicted octanol–water partition coefficient (Wildman–Crippen LogP) is -0.0845. The van der Waals surface area contributed by atoms with Crippen molar-refractivity contribution in [1.82, 2.24) is 9.97 Å². The van der Waals surface area contributed by atoms with Crippen molar-refractivity contribution in [2.45, 2.75) is 0 Å². The van der Waals surface area contributed by atoms with Crippen LogP contribution in [0.15, 0.2) is 6.20 Å². The Hall–Kier alpha value is -0.990. The number of nitrogens with zero attached hydrogens (tertiary/aromatic N) is 1. The first kappa shape index (κ1) is 3.21. The molecule has 0 atom stereocenters. The molecule has 0 amide bonds. The molecule has 3 heteroatoms. The summed E-state index contributed by atoms with van der Waals surface area (Å²) in [5.74, 6) is 0.0509. The highest BCUT2D eigenvalue weighted by Crippen LogP contribution is 1.93. The number of H-pyrrole nitrogens is 1. The standard InChI is InChI=1S/C3H3N2O/c6-3-1-4-2-5-3/h1,6H,(H,4,5). The van der Waals surface area contributed by atoms with E-state index in [1.54, 1.807) is 0 Å². The minimum atomic E-state index is 0.0509. The van der Waals surface area contributed by atoms with Crippen LogP contribution in [0.25, 0.3) is 0 Å². The summed E-state index contributed by atoms with van der Waals surface area (Å²) in [5.41, 5.74) is 0. The van der Waals surface area contributed by atoms with E-state index in [0.29, 0.717) is 0 Å². The third-order valence-electron chi connectivity index (χ3n) is 0.435. The van der Waals surface area contributed by atoms with E-state index in [0.717, 1.165) is 0 Å². The van der Waals surface area contributed by atoms with Gasteiger partial charge in [0.1, 0.15) is 0 Å². The molecule has 0 fully saturated rings. The van der Waals surface area contributed by atoms with E-state index >= 15 is 0 Å². The number of rotatable bonds is 0. The summed E-state index contributed by atoms with van der Waals surface area (Å²) in [6, 6.07) is 0. The Kier molecular flexibility index (Phi) is 0.538. The molecule has 31 valence electrons. The van der Waals surface area contributed by atoms with Gasteiger partial charge in [-0.25, -0.2) is 4.98 Å². The molecular weight excluding hydrogens is 80.0 g/mol. The molecule has 1 rings (SSSR count). The van der Waals surface area contributed by atoms with Crippen LogP contribution in [0.2, 0.25) is 0 Å². The minimum Gasteiger partial charge on any atom is -0.493 e. The Labute approximate surface area is 34.7 Å². The molecule has 1 aromatic heterocycles. The molecule has 1 aromatic rings. The number of aromatic hydroxyl groups is 1. The van der Waals surface area contributed by atoms with Gasteiger partial charge in [-0.3, -0.25) is 0 Å². The van der Waals surface area contributed by atoms with Crippen LogP contribution in [0.4, 0.5) is 0 Å². The fraction of sp³-hybridized carbons (Fsp3) is 0. The molecular formula is C3H3N2O. The maximum absolute atomic E-state index is 8.32. The zero-order valence-corrected chi connectivity index (χ0v) is 2.97. The molecule has 0 unspecified atom stereocenters. The molecule has 2 N–H and O–H groups in total. The van der Waals surface area contributed by atoms with Gasteiger partial charge in [0.15, 0.2) is 6.33 Å². The van der Waals surface area contributed by atoms with Crippen molar-refractivity contribution in [3.63, 3.8) is 0 Å². The third-order valence-corrected chi connectivity index (χ3v) is 0.435. The zero-order valence-electron chi connectivity index (χ0n) is 2.97. The fourth-order valence-electron chi connectivity index (χ4n) is 0.215. The van der Waals surface area contributed by atoms with Crippen molar-refractivity contribution in [3.8, 4) is 5.88 Å². The first-order chi connectivity index (χ1) is 2.89. The van der Waals surface area contributed by atoms with Crippen LogP contribution >= 0.6 is 0 Å². The molecule has 0 aromatic carbocycles. The number of hydrogen-bond donors (Lipinski definition) is 2. The molecule has 0 spiro atoms. The molecule has 6 heavy (non-hydrogen) atoms. The van der Waals surface area contributed by atoms with Crippen molar-refractivity contribution in [1.29, 1.82) is 0 Å². The number of imidazole rings is 1. The van der Waals surface area contributed by atoms with E-state index in [-0.39, 0.29) is 5.88 Å². The monoisotopic (exact) mass is 83.0 g/mol. The number of aromatic amines is 1. The summed E-state index contributed by atoms with van der Waals surface area (Å²) >= 11 is 0. The SMILES string of the molecule is Oc1cn[c][nH]1. The average Bonchev–Trinajstić information content (AvgIpc) is 1.86. The van der Waals surface area contributed by atoms with Gasteiger partial charge in [-0.15, -0.1) is 0 Å². The summed E-state index contributed by atoms with van der Waals surface area (Å²) in [4.78, 5) is 5.71. The first-order valence-corrected chi connectivity index (χ1v) is 1.49. The Morgan fingerprint density at radius 1 is 2.00 bits per heavy atom. The van der Waals surface area contributed by atoms with E-state index in [1.807, 2.05) is 0 Å². The summed E-state index contributed by atoms with van der Waals surface area (Å²) in [6.07, 6.45) is 3.58. The molecule has 0 aliphatic rings. The van der Waals surface area contributed by atoms with E-state index in [2.05, 4.69) is 16.3 Å². The van der Waals surface area contributed by atoms with Crippen LogP contribution in [0.5, 0.6) is 5.88 Å². The Balaban J connectivity index is 3.05. The van der Waals surface area contributed by atoms with E-state index in [1.165, 1.54) is 6.20 Å². The van der Waals surface area contributed by atoms with Crippen molar-refractivity contribution in [3.05, 3.63) is 12.5 Å². The van der Waals surface area contributed by atoms with Gasteiger partial charge in [-0.05, 0) is 0 Å². The first-order valence-electron chi connectivity index (χ1n) is 1.49. The zero-order chi connectivity index (χ0) is 4.41. The highest BCUT2D eigenvalue weighted by atomic mass is 16.3. The lowest BCUT2D eigenvalue weighted by atomic mass is 10.9. The van der Waals surface area contributed by atoms with Gasteiger partial charge < -0.3 is 10.1 Å². The van der Waals surface area contributed by atoms with Crippen LogP contribution in [-0.2, 0) is 0 Å². The predicted molar refractivity (Wildman–Crippen MR) is 19.1 cm³/mol. The third kappa shape index (κ3) is 0.337. The lowest BCUT2D eigenvalue weighted by molar-refractivity contribution is 0.456. The van der Waals surface area contributed by atoms with E-state index < -0.39 is 0 Å². The topological polar surface area (TPSA) is 48.9 Å². The van der Waals surface area contributed by atoms with Gasteiger partial charge in [0.2, 0.25) is 5.88 Å². The molecule has 3 nitrogen and oxygen atoms in total. The minimum absolute atomic E-state index is 0.0509. The largest absolute Gasteiger partial charge is 0.493 e. The van der Waals surface area contributed by atoms with Gasteiger partial charge in [0, 0.05) is 0 Å². The average molecular weight is 83.1 g/mol. The summed E-state index contributed by atoms with van der Waals surface area (Å²) < 4.78 is 0. The lowest BCUT2D eigenvalue weighted by Gasteiger charge is -1.68. The van der Waals surface area contributed by atoms with Crippen LogP contribution in [0, 0.1) is 6.33 Å². The fourth-order valence-corrected chi connectivity index (χ4v) is 0.215. The van der Waals surface area contributed by atoms with E-state index in [9.17, 15) is 0 Å². The Morgan fingerprint density at radius 3 is 3.00 bits per heavy atom. The maximum Gasteiger partial charge on any atom is 0.209 e. The van der Waals surface area contributed by atoms with Crippen molar-refractivity contribution in [2.75, 3.05) is 0 Å². The van der Waals surface area contributed by atoms with Crippen LogP contribution in [0.3, 0.4) is 0 Å². The molecule has 1 heterocycles. The van der Waals surface area contributed by atoms with Gasteiger partial charge >= 0.3 is 0 Å².